The lowest BCUT2D eigenvalue weighted by Crippen LogP contribution is -2.55. The summed E-state index contributed by atoms with van der Waals surface area (Å²) in [5.74, 6) is -2.02. The highest BCUT2D eigenvalue weighted by Gasteiger charge is 2.61. The number of benzene rings is 3. The van der Waals surface area contributed by atoms with E-state index in [0.29, 0.717) is 42.3 Å². The van der Waals surface area contributed by atoms with Gasteiger partial charge in [-0.3, -0.25) is 14.6 Å². The van der Waals surface area contributed by atoms with Gasteiger partial charge in [0.05, 0.1) is 29.5 Å². The quantitative estimate of drug-likeness (QED) is 0.331. The number of para-hydroxylation sites is 1. The molecule has 3 aromatic carbocycles. The van der Waals surface area contributed by atoms with Gasteiger partial charge in [-0.25, -0.2) is 17.6 Å². The van der Waals surface area contributed by atoms with Gasteiger partial charge >= 0.3 is 6.09 Å². The summed E-state index contributed by atoms with van der Waals surface area (Å²) in [5.41, 5.74) is -2.41. The van der Waals surface area contributed by atoms with Crippen molar-refractivity contribution in [2.75, 3.05) is 50.2 Å². The third-order valence-electron chi connectivity index (χ3n) is 9.69. The van der Waals surface area contributed by atoms with Crippen molar-refractivity contribution in [3.05, 3.63) is 89.2 Å². The number of sulfonamides is 1. The third kappa shape index (κ3) is 6.13. The van der Waals surface area contributed by atoms with E-state index in [0.717, 1.165) is 38.3 Å². The van der Waals surface area contributed by atoms with Crippen LogP contribution in [0.5, 0.6) is 5.75 Å². The number of rotatable bonds is 8. The Morgan fingerprint density at radius 3 is 2.31 bits per heavy atom. The summed E-state index contributed by atoms with van der Waals surface area (Å²) in [5, 5.41) is 9.85. The number of hydrogen-bond donors (Lipinski definition) is 0. The number of nitrogens with zero attached hydrogens (tertiary/aromatic N) is 5. The Kier molecular flexibility index (Phi) is 9.66. The van der Waals surface area contributed by atoms with Crippen molar-refractivity contribution in [3.8, 4) is 11.8 Å². The Balaban J connectivity index is 1.39. The van der Waals surface area contributed by atoms with Gasteiger partial charge in [0.25, 0.3) is 15.9 Å². The molecule has 2 fully saturated rings. The molecule has 6 rings (SSSR count). The largest absolute Gasteiger partial charge is 0.493 e. The predicted molar refractivity (Wildman–Crippen MR) is 180 cm³/mol. The maximum atomic E-state index is 15.0. The number of carbonyl (C=O) groups excluding carboxylic acids is 2. The Morgan fingerprint density at radius 2 is 1.65 bits per heavy atom. The van der Waals surface area contributed by atoms with Crippen LogP contribution in [0.3, 0.4) is 0 Å². The first-order valence-electron chi connectivity index (χ1n) is 16.6. The van der Waals surface area contributed by atoms with Crippen LogP contribution in [0.1, 0.15) is 50.3 Å². The van der Waals surface area contributed by atoms with Crippen LogP contribution in [-0.4, -0.2) is 93.1 Å². The van der Waals surface area contributed by atoms with Gasteiger partial charge in [0.15, 0.2) is 0 Å². The molecule has 2 amide bonds. The predicted octanol–water partition coefficient (Wildman–Crippen LogP) is 4.70. The molecular weight excluding hydrogens is 649 g/mol. The Labute approximate surface area is 286 Å². The molecule has 13 heteroatoms. The van der Waals surface area contributed by atoms with Gasteiger partial charge in [0.2, 0.25) is 5.60 Å². The van der Waals surface area contributed by atoms with Crippen LogP contribution in [0, 0.1) is 17.1 Å². The molecule has 11 nitrogen and oxygen atoms in total. The van der Waals surface area contributed by atoms with E-state index < -0.39 is 38.3 Å². The van der Waals surface area contributed by atoms with Crippen molar-refractivity contribution in [1.82, 2.24) is 14.7 Å². The molecule has 3 aliphatic rings. The number of anilines is 1. The number of hydrogen-bond acceptors (Lipinski definition) is 9. The highest BCUT2D eigenvalue weighted by Crippen LogP contribution is 2.52. The van der Waals surface area contributed by atoms with Gasteiger partial charge < -0.3 is 14.4 Å². The van der Waals surface area contributed by atoms with Crippen molar-refractivity contribution in [1.29, 1.82) is 5.26 Å². The monoisotopic (exact) mass is 689 g/mol. The van der Waals surface area contributed by atoms with E-state index in [-0.39, 0.29) is 34.7 Å². The number of ether oxygens (including phenoxy) is 2. The minimum atomic E-state index is -4.87. The first kappa shape index (κ1) is 34.4. The topological polar surface area (TPSA) is 123 Å². The molecule has 0 radical (unpaired) electrons. The van der Waals surface area contributed by atoms with E-state index >= 15 is 4.39 Å². The number of halogens is 1. The second-order valence-electron chi connectivity index (χ2n) is 12.7. The normalized spacial score (nSPS) is 20.7. The Hall–Kier alpha value is -4.51. The van der Waals surface area contributed by atoms with Crippen molar-refractivity contribution in [3.63, 3.8) is 0 Å². The van der Waals surface area contributed by atoms with Gasteiger partial charge in [-0.2, -0.15) is 9.57 Å². The highest BCUT2D eigenvalue weighted by atomic mass is 32.2. The number of carbonyl (C=O) groups is 2. The van der Waals surface area contributed by atoms with Crippen LogP contribution in [-0.2, 0) is 25.2 Å². The zero-order chi connectivity index (χ0) is 34.9. The Bertz CT molecular complexity index is 1880. The molecular formula is C36H40FN5O6S. The second-order valence-corrected chi connectivity index (χ2v) is 14.5. The highest BCUT2D eigenvalue weighted by molar-refractivity contribution is 7.93. The van der Waals surface area contributed by atoms with Crippen LogP contribution in [0.4, 0.5) is 14.9 Å². The van der Waals surface area contributed by atoms with Crippen molar-refractivity contribution >= 4 is 27.7 Å². The lowest BCUT2D eigenvalue weighted by Gasteiger charge is -2.43. The lowest BCUT2D eigenvalue weighted by atomic mass is 9.85. The maximum Gasteiger partial charge on any atom is 0.411 e. The molecule has 0 bridgehead atoms. The molecule has 0 saturated carbocycles. The molecule has 0 N–H and O–H groups in total. The van der Waals surface area contributed by atoms with Gasteiger partial charge in [-0.05, 0) is 70.0 Å². The number of nitriles is 1. The van der Waals surface area contributed by atoms with Crippen LogP contribution in [0.25, 0.3) is 0 Å². The van der Waals surface area contributed by atoms with Crippen LogP contribution in [0.2, 0.25) is 0 Å². The summed E-state index contributed by atoms with van der Waals surface area (Å²) in [6.07, 6.45) is 0.591. The molecule has 0 aliphatic carbocycles. The number of piperazine rings is 1. The molecule has 1 unspecified atom stereocenters. The van der Waals surface area contributed by atoms with E-state index in [1.54, 1.807) is 25.1 Å². The summed E-state index contributed by atoms with van der Waals surface area (Å²) < 4.78 is 56.0. The molecule has 2 saturated heterocycles. The van der Waals surface area contributed by atoms with Gasteiger partial charge in [-0.1, -0.05) is 30.3 Å². The van der Waals surface area contributed by atoms with Gasteiger partial charge in [-0.15, -0.1) is 0 Å². The fourth-order valence-corrected chi connectivity index (χ4v) is 8.63. The zero-order valence-electron chi connectivity index (χ0n) is 27.8. The standard InChI is InChI=1S/C36H40FN5O6S/c1-4-47-32-11-7-5-9-28(32)36(48-35(44)41-17-15-27(16-18-41)40-21-19-39(20-22-40)25(2)3)29-23-26(24-38)13-14-31(29)42(34(36)43)49(45,46)33-12-8-6-10-30(33)37/h5-14,23,25,27H,4,15-22H2,1-3H3. The van der Waals surface area contributed by atoms with Crippen molar-refractivity contribution in [2.24, 2.45) is 0 Å². The van der Waals surface area contributed by atoms with Crippen molar-refractivity contribution in [2.45, 2.75) is 56.2 Å². The van der Waals surface area contributed by atoms with E-state index in [2.05, 4.69) is 23.6 Å². The minimum absolute atomic E-state index is 0.0464. The minimum Gasteiger partial charge on any atom is -0.493 e. The molecule has 49 heavy (non-hydrogen) atoms. The molecule has 0 aromatic heterocycles. The van der Waals surface area contributed by atoms with Crippen LogP contribution in [0.15, 0.2) is 71.6 Å². The average Bonchev–Trinajstić information content (AvgIpc) is 3.36. The first-order valence-corrected chi connectivity index (χ1v) is 18.0. The van der Waals surface area contributed by atoms with E-state index in [1.807, 2.05) is 6.07 Å². The number of amides is 2. The molecule has 0 spiro atoms. The summed E-state index contributed by atoms with van der Waals surface area (Å²) in [6.45, 7) is 10.9. The van der Waals surface area contributed by atoms with Gasteiger partial charge in [0, 0.05) is 56.9 Å². The van der Waals surface area contributed by atoms with Crippen LogP contribution >= 0.6 is 0 Å². The average molecular weight is 690 g/mol. The van der Waals surface area contributed by atoms with Gasteiger partial charge in [0.1, 0.15) is 16.5 Å². The molecule has 3 aliphatic heterocycles. The summed E-state index contributed by atoms with van der Waals surface area (Å²) in [6, 6.07) is 18.0. The fraction of sp³-hybridized carbons (Fsp3) is 0.417. The fourth-order valence-electron chi connectivity index (χ4n) is 7.10. The lowest BCUT2D eigenvalue weighted by molar-refractivity contribution is -0.132. The molecule has 3 aromatic rings. The number of likely N-dealkylation sites (tertiary alicyclic amines) is 1. The third-order valence-corrected chi connectivity index (χ3v) is 11.4. The molecule has 258 valence electrons. The van der Waals surface area contributed by atoms with E-state index in [1.165, 1.54) is 41.3 Å². The first-order chi connectivity index (χ1) is 23.5. The maximum absolute atomic E-state index is 15.0. The van der Waals surface area contributed by atoms with Crippen molar-refractivity contribution < 1.29 is 31.9 Å². The number of fused-ring (bicyclic) bond motifs is 1. The van der Waals surface area contributed by atoms with E-state index in [4.69, 9.17) is 9.47 Å². The Morgan fingerprint density at radius 1 is 0.980 bits per heavy atom. The van der Waals surface area contributed by atoms with Crippen LogP contribution < -0.4 is 9.04 Å². The molecule has 3 heterocycles. The smallest absolute Gasteiger partial charge is 0.411 e. The molecule has 1 atom stereocenters. The SMILES string of the molecule is CCOc1ccccc1C1(OC(=O)N2CCC(N3CCN(C(C)C)CC3)CC2)C(=O)N(S(=O)(=O)c2ccccc2F)c2ccc(C#N)cc21. The summed E-state index contributed by atoms with van der Waals surface area (Å²) in [7, 11) is -4.87. The number of piperidine rings is 1. The second kappa shape index (κ2) is 13.8. The zero-order valence-corrected chi connectivity index (χ0v) is 28.7. The van der Waals surface area contributed by atoms with E-state index in [9.17, 15) is 23.3 Å². The summed E-state index contributed by atoms with van der Waals surface area (Å²) in [4.78, 5) is 34.8. The summed E-state index contributed by atoms with van der Waals surface area (Å²) >= 11 is 0.